The Morgan fingerprint density at radius 1 is 1.15 bits per heavy atom. The van der Waals surface area contributed by atoms with Crippen LogP contribution in [0.4, 0.5) is 10.6 Å². The van der Waals surface area contributed by atoms with Gasteiger partial charge in [-0.25, -0.2) is 14.6 Å². The lowest BCUT2D eigenvalue weighted by molar-refractivity contribution is -0.139. The van der Waals surface area contributed by atoms with Crippen molar-refractivity contribution in [3.8, 4) is 11.4 Å². The lowest BCUT2D eigenvalue weighted by Crippen LogP contribution is -2.45. The molecule has 0 aliphatic carbocycles. The fraction of sp³-hybridized carbons (Fsp3) is 0.174. The van der Waals surface area contributed by atoms with Gasteiger partial charge in [-0.15, -0.1) is 0 Å². The van der Waals surface area contributed by atoms with Crippen LogP contribution in [0.3, 0.4) is 0 Å². The molecule has 3 N–H and O–H groups in total. The van der Waals surface area contributed by atoms with E-state index in [0.717, 1.165) is 21.9 Å². The van der Waals surface area contributed by atoms with Crippen LogP contribution in [0.15, 0.2) is 65.3 Å². The molecule has 1 amide bonds. The van der Waals surface area contributed by atoms with Gasteiger partial charge in [-0.3, -0.25) is 0 Å². The van der Waals surface area contributed by atoms with Gasteiger partial charge in [-0.2, -0.15) is 4.98 Å². The van der Waals surface area contributed by atoms with Crippen molar-refractivity contribution in [1.82, 2.24) is 20.4 Å². The van der Waals surface area contributed by atoms with Gasteiger partial charge < -0.3 is 25.0 Å². The Hall–Kier alpha value is -4.47. The maximum absolute atomic E-state index is 12.1. The first kappa shape index (κ1) is 21.8. The normalized spacial score (nSPS) is 11.7. The van der Waals surface area contributed by atoms with Crippen molar-refractivity contribution in [3.63, 3.8) is 0 Å². The van der Waals surface area contributed by atoms with Crippen LogP contribution in [0, 0.1) is 6.92 Å². The van der Waals surface area contributed by atoms with E-state index in [4.69, 9.17) is 9.26 Å². The second-order valence-electron chi connectivity index (χ2n) is 7.21. The number of amides is 1. The summed E-state index contributed by atoms with van der Waals surface area (Å²) >= 11 is 0. The maximum atomic E-state index is 12.1. The van der Waals surface area contributed by atoms with Gasteiger partial charge in [0.25, 0.3) is 0 Å². The Bertz CT molecular complexity index is 1270. The number of aromatic nitrogens is 3. The number of hydrogen-bond donors (Lipinski definition) is 3. The first-order valence-corrected chi connectivity index (χ1v) is 10.1. The third-order valence-electron chi connectivity index (χ3n) is 4.83. The molecule has 33 heavy (non-hydrogen) atoms. The lowest BCUT2D eigenvalue weighted by Gasteiger charge is -2.16. The number of anilines is 1. The Morgan fingerprint density at radius 3 is 2.70 bits per heavy atom. The van der Waals surface area contributed by atoms with Crippen LogP contribution in [0.5, 0.6) is 0 Å². The fourth-order valence-electron chi connectivity index (χ4n) is 3.17. The summed E-state index contributed by atoms with van der Waals surface area (Å²) in [6.45, 7) is 1.64. The van der Waals surface area contributed by atoms with Crippen molar-refractivity contribution < 1.29 is 24.0 Å². The molecule has 2 aromatic carbocycles. The summed E-state index contributed by atoms with van der Waals surface area (Å²) in [6.07, 6.45) is 0.786. The molecule has 0 aliphatic rings. The van der Waals surface area contributed by atoms with E-state index in [2.05, 4.69) is 25.8 Å². The quantitative estimate of drug-likeness (QED) is 0.371. The summed E-state index contributed by atoms with van der Waals surface area (Å²) < 4.78 is 10.2. The SMILES string of the molecule is Cc1nc(-c2ccc3ccnc(NC[C@@H](NC(=O)OCc4ccccc4)C(=O)O)c3c2)no1. The van der Waals surface area contributed by atoms with Gasteiger partial charge in [0.15, 0.2) is 0 Å². The Labute approximate surface area is 188 Å². The number of benzene rings is 2. The van der Waals surface area contributed by atoms with E-state index in [1.54, 1.807) is 25.3 Å². The summed E-state index contributed by atoms with van der Waals surface area (Å²) in [5.41, 5.74) is 1.53. The number of carboxylic acids is 1. The minimum Gasteiger partial charge on any atom is -0.480 e. The van der Waals surface area contributed by atoms with Crippen LogP contribution in [0.1, 0.15) is 11.5 Å². The van der Waals surface area contributed by atoms with Crippen LogP contribution in [0.25, 0.3) is 22.2 Å². The van der Waals surface area contributed by atoms with Gasteiger partial charge >= 0.3 is 12.1 Å². The summed E-state index contributed by atoms with van der Waals surface area (Å²) in [4.78, 5) is 32.3. The highest BCUT2D eigenvalue weighted by atomic mass is 16.5. The second-order valence-corrected chi connectivity index (χ2v) is 7.21. The smallest absolute Gasteiger partial charge is 0.408 e. The fourth-order valence-corrected chi connectivity index (χ4v) is 3.17. The van der Waals surface area contributed by atoms with Crippen LogP contribution in [-0.4, -0.2) is 44.9 Å². The number of pyridine rings is 1. The number of aryl methyl sites for hydroxylation is 1. The number of rotatable bonds is 8. The molecule has 4 aromatic rings. The molecule has 0 radical (unpaired) electrons. The van der Waals surface area contributed by atoms with Crippen molar-refractivity contribution in [2.45, 2.75) is 19.6 Å². The highest BCUT2D eigenvalue weighted by Crippen LogP contribution is 2.26. The summed E-state index contributed by atoms with van der Waals surface area (Å²) in [6, 6.07) is 15.3. The van der Waals surface area contributed by atoms with Gasteiger partial charge in [0.1, 0.15) is 18.5 Å². The summed E-state index contributed by atoms with van der Waals surface area (Å²) in [5, 5.41) is 20.5. The first-order valence-electron chi connectivity index (χ1n) is 10.1. The molecule has 0 bridgehead atoms. The third kappa shape index (κ3) is 5.42. The van der Waals surface area contributed by atoms with Gasteiger partial charge in [0, 0.05) is 30.6 Å². The highest BCUT2D eigenvalue weighted by Gasteiger charge is 2.21. The van der Waals surface area contributed by atoms with E-state index in [1.165, 1.54) is 0 Å². The Kier molecular flexibility index (Phi) is 6.44. The number of nitrogens with zero attached hydrogens (tertiary/aromatic N) is 3. The summed E-state index contributed by atoms with van der Waals surface area (Å²) in [5.74, 6) is 0.141. The van der Waals surface area contributed by atoms with E-state index in [0.29, 0.717) is 17.5 Å². The number of fused-ring (bicyclic) bond motifs is 1. The number of nitrogens with one attached hydrogen (secondary N) is 2. The van der Waals surface area contributed by atoms with E-state index in [-0.39, 0.29) is 13.2 Å². The van der Waals surface area contributed by atoms with Crippen molar-refractivity contribution >= 4 is 28.7 Å². The second kappa shape index (κ2) is 9.77. The predicted molar refractivity (Wildman–Crippen MR) is 119 cm³/mol. The molecule has 0 spiro atoms. The molecule has 0 saturated carbocycles. The van der Waals surface area contributed by atoms with Crippen LogP contribution in [0.2, 0.25) is 0 Å². The average molecular weight is 447 g/mol. The average Bonchev–Trinajstić information content (AvgIpc) is 3.27. The predicted octanol–water partition coefficient (Wildman–Crippen LogP) is 3.38. The molecule has 0 unspecified atom stereocenters. The number of carboxylic acid groups (broad SMARTS) is 1. The number of aliphatic carboxylic acids is 1. The minimum atomic E-state index is -1.23. The van der Waals surface area contributed by atoms with Gasteiger partial charge in [0.05, 0.1) is 0 Å². The van der Waals surface area contributed by atoms with E-state index >= 15 is 0 Å². The largest absolute Gasteiger partial charge is 0.480 e. The van der Waals surface area contributed by atoms with Crippen molar-refractivity contribution in [3.05, 3.63) is 72.2 Å². The molecule has 0 fully saturated rings. The molecule has 4 rings (SSSR count). The Morgan fingerprint density at radius 2 is 1.97 bits per heavy atom. The van der Waals surface area contributed by atoms with Crippen LogP contribution in [-0.2, 0) is 16.1 Å². The molecule has 0 aliphatic heterocycles. The van der Waals surface area contributed by atoms with Crippen molar-refractivity contribution in [2.24, 2.45) is 0 Å². The monoisotopic (exact) mass is 447 g/mol. The number of alkyl carbamates (subject to hydrolysis) is 1. The number of carbonyl (C=O) groups is 2. The van der Waals surface area contributed by atoms with Crippen molar-refractivity contribution in [1.29, 1.82) is 0 Å². The third-order valence-corrected chi connectivity index (χ3v) is 4.83. The molecule has 1 atom stereocenters. The summed E-state index contributed by atoms with van der Waals surface area (Å²) in [7, 11) is 0. The zero-order valence-corrected chi connectivity index (χ0v) is 17.7. The standard InChI is InChI=1S/C23H21N5O5/c1-14-26-20(28-33-14)17-8-7-16-9-10-24-21(18(16)11-17)25-12-19(22(29)30)27-23(31)32-13-15-5-3-2-4-6-15/h2-11,19H,12-13H2,1H3,(H,24,25)(H,27,31)(H,29,30)/t19-/m1/s1. The number of carbonyl (C=O) groups excluding carboxylic acids is 1. The minimum absolute atomic E-state index is 0.0374. The maximum Gasteiger partial charge on any atom is 0.408 e. The molecular formula is C23H21N5O5. The molecule has 2 heterocycles. The molecule has 10 nitrogen and oxygen atoms in total. The molecule has 168 valence electrons. The Balaban J connectivity index is 1.44. The van der Waals surface area contributed by atoms with Crippen molar-refractivity contribution in [2.75, 3.05) is 11.9 Å². The topological polar surface area (TPSA) is 139 Å². The van der Waals surface area contributed by atoms with Crippen LogP contribution >= 0.6 is 0 Å². The molecule has 10 heteroatoms. The van der Waals surface area contributed by atoms with Gasteiger partial charge in [-0.05, 0) is 23.1 Å². The lowest BCUT2D eigenvalue weighted by atomic mass is 10.1. The highest BCUT2D eigenvalue weighted by molar-refractivity contribution is 5.94. The van der Waals surface area contributed by atoms with Crippen LogP contribution < -0.4 is 10.6 Å². The van der Waals surface area contributed by atoms with E-state index in [1.807, 2.05) is 42.5 Å². The molecule has 0 saturated heterocycles. The zero-order valence-electron chi connectivity index (χ0n) is 17.7. The molecule has 2 aromatic heterocycles. The van der Waals surface area contributed by atoms with Gasteiger partial charge in [-0.1, -0.05) is 47.6 Å². The van der Waals surface area contributed by atoms with Gasteiger partial charge in [0.2, 0.25) is 11.7 Å². The van der Waals surface area contributed by atoms with E-state index < -0.39 is 18.1 Å². The van der Waals surface area contributed by atoms with E-state index in [9.17, 15) is 14.7 Å². The zero-order chi connectivity index (χ0) is 23.2. The molecular weight excluding hydrogens is 426 g/mol. The number of ether oxygens (including phenoxy) is 1. The first-order chi connectivity index (χ1) is 16.0. The number of hydrogen-bond acceptors (Lipinski definition) is 8.